The van der Waals surface area contributed by atoms with Gasteiger partial charge in [-0.2, -0.15) is 13.2 Å². The maximum absolute atomic E-state index is 12.6. The van der Waals surface area contributed by atoms with Crippen LogP contribution < -0.4 is 5.73 Å². The Balaban J connectivity index is 2.05. The number of benzene rings is 1. The van der Waals surface area contributed by atoms with Crippen molar-refractivity contribution in [3.63, 3.8) is 0 Å². The van der Waals surface area contributed by atoms with Crippen molar-refractivity contribution in [2.75, 3.05) is 18.8 Å². The highest BCUT2D eigenvalue weighted by Gasteiger charge is 2.41. The molecule has 1 aromatic rings. The molecule has 1 aliphatic heterocycles. The number of nitrogens with zero attached hydrogens (tertiary/aromatic N) is 1. The zero-order valence-electron chi connectivity index (χ0n) is 11.4. The highest BCUT2D eigenvalue weighted by atomic mass is 19.4. The third kappa shape index (κ3) is 3.66. The second kappa shape index (κ2) is 5.93. The van der Waals surface area contributed by atoms with E-state index in [1.807, 2.05) is 4.90 Å². The molecule has 2 rings (SSSR count). The predicted molar refractivity (Wildman–Crippen MR) is 71.9 cm³/mol. The molecule has 0 spiro atoms. The van der Waals surface area contributed by atoms with E-state index in [1.165, 1.54) is 6.07 Å². The van der Waals surface area contributed by atoms with Gasteiger partial charge < -0.3 is 10.8 Å². The summed E-state index contributed by atoms with van der Waals surface area (Å²) in [5, 5.41) is 9.18. The molecule has 7 heteroatoms. The van der Waals surface area contributed by atoms with Crippen molar-refractivity contribution in [2.45, 2.75) is 25.6 Å². The summed E-state index contributed by atoms with van der Waals surface area (Å²) in [6, 6.07) is 4.80. The van der Waals surface area contributed by atoms with Crippen LogP contribution in [0.2, 0.25) is 0 Å². The molecule has 0 amide bonds. The highest BCUT2D eigenvalue weighted by molar-refractivity contribution is 5.95. The Morgan fingerprint density at radius 3 is 2.48 bits per heavy atom. The first-order valence-electron chi connectivity index (χ1n) is 6.68. The average molecular weight is 302 g/mol. The van der Waals surface area contributed by atoms with Gasteiger partial charge in [-0.1, -0.05) is 12.1 Å². The fourth-order valence-electron chi connectivity index (χ4n) is 2.67. The number of hydrogen-bond acceptors (Lipinski definition) is 3. The predicted octanol–water partition coefficient (Wildman–Crippen LogP) is 2.74. The minimum atomic E-state index is -4.14. The smallest absolute Gasteiger partial charge is 0.391 e. The van der Waals surface area contributed by atoms with Crippen LogP contribution in [0.1, 0.15) is 28.8 Å². The summed E-state index contributed by atoms with van der Waals surface area (Å²) < 4.78 is 37.8. The van der Waals surface area contributed by atoms with Gasteiger partial charge in [-0.15, -0.1) is 0 Å². The molecule has 1 aromatic carbocycles. The van der Waals surface area contributed by atoms with Crippen LogP contribution in [0.15, 0.2) is 18.2 Å². The molecule has 4 nitrogen and oxygen atoms in total. The average Bonchev–Trinajstić information content (AvgIpc) is 2.38. The lowest BCUT2D eigenvalue weighted by Crippen LogP contribution is -2.38. The van der Waals surface area contributed by atoms with Crippen molar-refractivity contribution in [3.8, 4) is 0 Å². The largest absolute Gasteiger partial charge is 0.478 e. The molecule has 0 unspecified atom stereocenters. The quantitative estimate of drug-likeness (QED) is 0.843. The number of nitrogen functional groups attached to an aromatic ring is 1. The molecule has 116 valence electrons. The van der Waals surface area contributed by atoms with Gasteiger partial charge in [0.25, 0.3) is 0 Å². The number of anilines is 1. The number of hydrogen-bond donors (Lipinski definition) is 2. The molecule has 0 aliphatic carbocycles. The molecule has 1 fully saturated rings. The topological polar surface area (TPSA) is 66.6 Å². The van der Waals surface area contributed by atoms with Crippen molar-refractivity contribution in [1.29, 1.82) is 0 Å². The molecular formula is C14H17F3N2O2. The number of likely N-dealkylation sites (tertiary alicyclic amines) is 1. The van der Waals surface area contributed by atoms with Crippen molar-refractivity contribution in [1.82, 2.24) is 4.90 Å². The normalized spacial score (nSPS) is 17.9. The molecule has 3 N–H and O–H groups in total. The van der Waals surface area contributed by atoms with E-state index in [-0.39, 0.29) is 24.1 Å². The fourth-order valence-corrected chi connectivity index (χ4v) is 2.67. The first-order valence-corrected chi connectivity index (χ1v) is 6.68. The maximum atomic E-state index is 12.6. The summed E-state index contributed by atoms with van der Waals surface area (Å²) >= 11 is 0. The lowest BCUT2D eigenvalue weighted by molar-refractivity contribution is -0.185. The summed E-state index contributed by atoms with van der Waals surface area (Å²) in [5.74, 6) is -2.37. The molecule has 0 atom stereocenters. The zero-order chi connectivity index (χ0) is 15.6. The van der Waals surface area contributed by atoms with Gasteiger partial charge in [-0.05, 0) is 37.6 Å². The van der Waals surface area contributed by atoms with Crippen LogP contribution in [-0.2, 0) is 6.54 Å². The molecule has 0 radical (unpaired) electrons. The number of alkyl halides is 3. The number of nitrogens with two attached hydrogens (primary N) is 1. The maximum Gasteiger partial charge on any atom is 0.391 e. The van der Waals surface area contributed by atoms with Crippen LogP contribution in [0.5, 0.6) is 0 Å². The number of aromatic carboxylic acids is 1. The Bertz CT molecular complexity index is 523. The van der Waals surface area contributed by atoms with Gasteiger partial charge in [0, 0.05) is 12.2 Å². The van der Waals surface area contributed by atoms with Crippen LogP contribution in [-0.4, -0.2) is 35.2 Å². The van der Waals surface area contributed by atoms with Crippen molar-refractivity contribution < 1.29 is 23.1 Å². The minimum absolute atomic E-state index is 0.0374. The molecule has 0 bridgehead atoms. The number of carboxylic acid groups (broad SMARTS) is 1. The van der Waals surface area contributed by atoms with Crippen LogP contribution in [0.3, 0.4) is 0 Å². The first-order chi connectivity index (χ1) is 9.79. The van der Waals surface area contributed by atoms with E-state index in [2.05, 4.69) is 0 Å². The Labute approximate surface area is 120 Å². The molecule has 0 aromatic heterocycles. The van der Waals surface area contributed by atoms with Crippen LogP contribution in [0, 0.1) is 5.92 Å². The number of rotatable bonds is 3. The van der Waals surface area contributed by atoms with Crippen molar-refractivity contribution in [3.05, 3.63) is 29.3 Å². The Morgan fingerprint density at radius 2 is 1.95 bits per heavy atom. The summed E-state index contributed by atoms with van der Waals surface area (Å²) in [7, 11) is 0. The van der Waals surface area contributed by atoms with Crippen LogP contribution in [0.25, 0.3) is 0 Å². The minimum Gasteiger partial charge on any atom is -0.478 e. The summed E-state index contributed by atoms with van der Waals surface area (Å²) in [4.78, 5) is 13.1. The Hall–Kier alpha value is -1.76. The molecule has 1 heterocycles. The fraction of sp³-hybridized carbons (Fsp3) is 0.500. The number of carboxylic acids is 1. The number of piperidine rings is 1. The van der Waals surface area contributed by atoms with Gasteiger partial charge in [-0.25, -0.2) is 4.79 Å². The third-order valence-electron chi connectivity index (χ3n) is 3.84. The van der Waals surface area contributed by atoms with E-state index in [4.69, 9.17) is 5.73 Å². The summed E-state index contributed by atoms with van der Waals surface area (Å²) in [5.41, 5.74) is 6.40. The van der Waals surface area contributed by atoms with Gasteiger partial charge in [-0.3, -0.25) is 4.90 Å². The number of halogens is 3. The highest BCUT2D eigenvalue weighted by Crippen LogP contribution is 2.34. The molecule has 0 saturated carbocycles. The van der Waals surface area contributed by atoms with Crippen molar-refractivity contribution >= 4 is 11.7 Å². The van der Waals surface area contributed by atoms with Crippen LogP contribution >= 0.6 is 0 Å². The van der Waals surface area contributed by atoms with Gasteiger partial charge in [0.1, 0.15) is 0 Å². The van der Waals surface area contributed by atoms with E-state index in [9.17, 15) is 23.1 Å². The first kappa shape index (κ1) is 15.6. The zero-order valence-corrected chi connectivity index (χ0v) is 11.4. The standard InChI is InChI=1S/C14H17F3N2O2/c15-14(16,17)10-4-6-19(7-5-10)8-9-2-1-3-11(18)12(9)13(20)21/h1-3,10H,4-8,18H2,(H,20,21). The second-order valence-electron chi connectivity index (χ2n) is 5.28. The molecule has 1 saturated heterocycles. The van der Waals surface area contributed by atoms with Crippen molar-refractivity contribution in [2.24, 2.45) is 5.92 Å². The van der Waals surface area contributed by atoms with Gasteiger partial charge >= 0.3 is 12.1 Å². The lowest BCUT2D eigenvalue weighted by Gasteiger charge is -2.33. The lowest BCUT2D eigenvalue weighted by atomic mass is 9.95. The van der Waals surface area contributed by atoms with E-state index in [1.54, 1.807) is 12.1 Å². The SMILES string of the molecule is Nc1cccc(CN2CCC(C(F)(F)F)CC2)c1C(=O)O. The van der Waals surface area contributed by atoms with E-state index in [0.717, 1.165) is 0 Å². The molecular weight excluding hydrogens is 285 g/mol. The second-order valence-corrected chi connectivity index (χ2v) is 5.28. The van der Waals surface area contributed by atoms with E-state index in [0.29, 0.717) is 25.2 Å². The monoisotopic (exact) mass is 302 g/mol. The summed E-state index contributed by atoms with van der Waals surface area (Å²) in [6.07, 6.45) is -4.04. The number of carbonyl (C=O) groups is 1. The van der Waals surface area contributed by atoms with Gasteiger partial charge in [0.05, 0.1) is 11.5 Å². The molecule has 1 aliphatic rings. The Kier molecular flexibility index (Phi) is 4.41. The third-order valence-corrected chi connectivity index (χ3v) is 3.84. The van der Waals surface area contributed by atoms with E-state index < -0.39 is 18.1 Å². The van der Waals surface area contributed by atoms with E-state index >= 15 is 0 Å². The summed E-state index contributed by atoms with van der Waals surface area (Å²) in [6.45, 7) is 0.910. The molecule has 21 heavy (non-hydrogen) atoms. The van der Waals surface area contributed by atoms with Crippen LogP contribution in [0.4, 0.5) is 18.9 Å². The van der Waals surface area contributed by atoms with Gasteiger partial charge in [0.2, 0.25) is 0 Å². The Morgan fingerprint density at radius 1 is 1.33 bits per heavy atom. The van der Waals surface area contributed by atoms with Gasteiger partial charge in [0.15, 0.2) is 0 Å².